The molecule has 2 aromatic heterocycles. The summed E-state index contributed by atoms with van der Waals surface area (Å²) in [6.45, 7) is 5.87. The molecule has 11 nitrogen and oxygen atoms in total. The average molecular weight is 606 g/mol. The minimum atomic E-state index is -3.45. The van der Waals surface area contributed by atoms with Crippen LogP contribution in [0.15, 0.2) is 60.8 Å². The van der Waals surface area contributed by atoms with E-state index in [9.17, 15) is 8.42 Å². The Kier molecular flexibility index (Phi) is 8.42. The van der Waals surface area contributed by atoms with Crippen LogP contribution in [-0.2, 0) is 14.8 Å². The molecular weight excluding hydrogens is 566 g/mol. The minimum absolute atomic E-state index is 0.396. The van der Waals surface area contributed by atoms with E-state index >= 15 is 0 Å². The molecule has 0 unspecified atom stereocenters. The van der Waals surface area contributed by atoms with Gasteiger partial charge in [-0.05, 0) is 49.6 Å². The number of benzene rings is 2. The molecule has 2 fully saturated rings. The molecule has 0 amide bonds. The van der Waals surface area contributed by atoms with Gasteiger partial charge in [0.2, 0.25) is 16.0 Å². The van der Waals surface area contributed by atoms with Gasteiger partial charge in [-0.15, -0.1) is 5.10 Å². The van der Waals surface area contributed by atoms with E-state index in [1.807, 2.05) is 36.4 Å². The smallest absolute Gasteiger partial charge is 0.245 e. The maximum atomic E-state index is 12.3. The van der Waals surface area contributed by atoms with Crippen molar-refractivity contribution in [2.45, 2.75) is 25.3 Å². The number of methoxy groups -OCH3 is 1. The molecule has 228 valence electrons. The molecule has 12 heteroatoms. The van der Waals surface area contributed by atoms with Crippen molar-refractivity contribution < 1.29 is 17.9 Å². The van der Waals surface area contributed by atoms with Crippen molar-refractivity contribution in [3.8, 4) is 17.0 Å². The molecule has 4 heterocycles. The van der Waals surface area contributed by atoms with Gasteiger partial charge in [-0.2, -0.15) is 0 Å². The van der Waals surface area contributed by atoms with Crippen molar-refractivity contribution in [3.05, 3.63) is 60.8 Å². The molecule has 0 saturated carbocycles. The molecule has 6 rings (SSSR count). The molecular formula is C31H39N7O4S. The first-order chi connectivity index (χ1) is 20.8. The number of nitrogens with one attached hydrogen (secondary N) is 1. The second kappa shape index (κ2) is 12.4. The summed E-state index contributed by atoms with van der Waals surface area (Å²) in [7, 11) is -0.227. The van der Waals surface area contributed by atoms with E-state index in [1.54, 1.807) is 30.9 Å². The number of sulfonamides is 1. The van der Waals surface area contributed by atoms with Crippen LogP contribution in [0.4, 0.5) is 23.0 Å². The summed E-state index contributed by atoms with van der Waals surface area (Å²) < 4.78 is 39.1. The standard InChI is InChI=1S/C31H39N7O4S/c1-35(43(3,39)40)28-8-5-4-7-26(28)29-12-10-25-22-32-31(34-38(25)29)33-27-11-9-24(21-30(27)41-2)37-16-13-23(14-17-37)36-15-6-19-42-20-18-36/h4-5,7-12,21-23H,6,13-20H2,1-3H3,(H,33,34). The number of anilines is 4. The second-order valence-corrected chi connectivity index (χ2v) is 13.1. The SMILES string of the molecule is COc1cc(N2CCC(N3CCCOCC3)CC2)ccc1Nc1ncc2ccc(-c3ccccc3N(C)S(C)(=O)=O)n2n1. The summed E-state index contributed by atoms with van der Waals surface area (Å²) >= 11 is 0. The first-order valence-electron chi connectivity index (χ1n) is 14.7. The quantitative estimate of drug-likeness (QED) is 0.316. The van der Waals surface area contributed by atoms with E-state index in [2.05, 4.69) is 32.2 Å². The molecule has 2 aliphatic heterocycles. The third-order valence-corrected chi connectivity index (χ3v) is 9.64. The summed E-state index contributed by atoms with van der Waals surface area (Å²) in [5.74, 6) is 1.10. The Hall–Kier alpha value is -3.87. The molecule has 43 heavy (non-hydrogen) atoms. The van der Waals surface area contributed by atoms with Crippen LogP contribution >= 0.6 is 0 Å². The molecule has 2 aliphatic rings. The highest BCUT2D eigenvalue weighted by Gasteiger charge is 2.26. The van der Waals surface area contributed by atoms with Crippen LogP contribution in [-0.4, -0.2) is 93.8 Å². The van der Waals surface area contributed by atoms with Crippen molar-refractivity contribution in [3.63, 3.8) is 0 Å². The number of piperidine rings is 1. The highest BCUT2D eigenvalue weighted by Crippen LogP contribution is 2.35. The Morgan fingerprint density at radius 1 is 1.02 bits per heavy atom. The summed E-state index contributed by atoms with van der Waals surface area (Å²) in [4.78, 5) is 9.56. The molecule has 0 radical (unpaired) electrons. The maximum Gasteiger partial charge on any atom is 0.245 e. The highest BCUT2D eigenvalue weighted by atomic mass is 32.2. The first kappa shape index (κ1) is 29.2. The van der Waals surface area contributed by atoms with E-state index in [0.717, 1.165) is 86.8 Å². The minimum Gasteiger partial charge on any atom is -0.494 e. The van der Waals surface area contributed by atoms with Crippen LogP contribution in [0.3, 0.4) is 0 Å². The van der Waals surface area contributed by atoms with Crippen molar-refractivity contribution in [1.29, 1.82) is 0 Å². The third-order valence-electron chi connectivity index (χ3n) is 8.45. The van der Waals surface area contributed by atoms with Gasteiger partial charge in [0.15, 0.2) is 0 Å². The zero-order valence-electron chi connectivity index (χ0n) is 24.9. The second-order valence-electron chi connectivity index (χ2n) is 11.1. The Morgan fingerprint density at radius 2 is 1.84 bits per heavy atom. The topological polar surface area (TPSA) is 105 Å². The van der Waals surface area contributed by atoms with Crippen LogP contribution in [0.5, 0.6) is 5.75 Å². The first-order valence-corrected chi connectivity index (χ1v) is 16.6. The fourth-order valence-electron chi connectivity index (χ4n) is 6.03. The third kappa shape index (κ3) is 6.27. The normalized spacial score (nSPS) is 17.1. The van der Waals surface area contributed by atoms with Gasteiger partial charge in [0, 0.05) is 63.2 Å². The average Bonchev–Trinajstić information content (AvgIpc) is 3.24. The number of rotatable bonds is 8. The van der Waals surface area contributed by atoms with Crippen molar-refractivity contribution in [1.82, 2.24) is 19.5 Å². The van der Waals surface area contributed by atoms with Gasteiger partial charge < -0.3 is 19.7 Å². The molecule has 4 aromatic rings. The van der Waals surface area contributed by atoms with Gasteiger partial charge in [0.25, 0.3) is 0 Å². The lowest BCUT2D eigenvalue weighted by molar-refractivity contribution is 0.125. The van der Waals surface area contributed by atoms with Crippen LogP contribution in [0.2, 0.25) is 0 Å². The predicted molar refractivity (Wildman–Crippen MR) is 170 cm³/mol. The summed E-state index contributed by atoms with van der Waals surface area (Å²) in [5, 5.41) is 8.08. The lowest BCUT2D eigenvalue weighted by Crippen LogP contribution is -2.45. The molecule has 0 spiro atoms. The zero-order valence-corrected chi connectivity index (χ0v) is 25.8. The van der Waals surface area contributed by atoms with Gasteiger partial charge in [0.1, 0.15) is 5.75 Å². The highest BCUT2D eigenvalue weighted by molar-refractivity contribution is 7.92. The van der Waals surface area contributed by atoms with Gasteiger partial charge in [-0.25, -0.2) is 17.9 Å². The zero-order chi connectivity index (χ0) is 30.0. The number of hydrogen-bond donors (Lipinski definition) is 1. The lowest BCUT2D eigenvalue weighted by atomic mass is 10.0. The Bertz CT molecular complexity index is 1680. The number of fused-ring (bicyclic) bond motifs is 1. The van der Waals surface area contributed by atoms with Crippen LogP contribution in [0, 0.1) is 0 Å². The van der Waals surface area contributed by atoms with Gasteiger partial charge in [-0.1, -0.05) is 18.2 Å². The summed E-state index contributed by atoms with van der Waals surface area (Å²) in [6.07, 6.45) is 6.32. The Morgan fingerprint density at radius 3 is 2.63 bits per heavy atom. The fraction of sp³-hybridized carbons (Fsp3) is 0.419. The number of aromatic nitrogens is 3. The number of ether oxygens (including phenoxy) is 2. The Labute approximate surface area is 253 Å². The van der Waals surface area contributed by atoms with Crippen LogP contribution in [0.1, 0.15) is 19.3 Å². The largest absolute Gasteiger partial charge is 0.494 e. The van der Waals surface area contributed by atoms with E-state index in [4.69, 9.17) is 14.6 Å². The van der Waals surface area contributed by atoms with E-state index < -0.39 is 10.0 Å². The van der Waals surface area contributed by atoms with Gasteiger partial charge in [0.05, 0.1) is 48.8 Å². The summed E-state index contributed by atoms with van der Waals surface area (Å²) in [5.41, 5.74) is 4.75. The van der Waals surface area contributed by atoms with Crippen LogP contribution < -0.4 is 19.3 Å². The predicted octanol–water partition coefficient (Wildman–Crippen LogP) is 4.24. The van der Waals surface area contributed by atoms with Crippen molar-refractivity contribution >= 4 is 38.6 Å². The van der Waals surface area contributed by atoms with E-state index in [-0.39, 0.29) is 0 Å². The van der Waals surface area contributed by atoms with Crippen molar-refractivity contribution in [2.24, 2.45) is 0 Å². The van der Waals surface area contributed by atoms with E-state index in [0.29, 0.717) is 23.4 Å². The molecule has 0 aliphatic carbocycles. The van der Waals surface area contributed by atoms with E-state index in [1.165, 1.54) is 10.6 Å². The number of para-hydroxylation sites is 1. The van der Waals surface area contributed by atoms with Gasteiger partial charge >= 0.3 is 0 Å². The molecule has 0 bridgehead atoms. The molecule has 2 aromatic carbocycles. The maximum absolute atomic E-state index is 12.3. The van der Waals surface area contributed by atoms with Crippen molar-refractivity contribution in [2.75, 3.05) is 74.3 Å². The van der Waals surface area contributed by atoms with Crippen LogP contribution in [0.25, 0.3) is 16.8 Å². The summed E-state index contributed by atoms with van der Waals surface area (Å²) in [6, 6.07) is 18.0. The molecule has 0 atom stereocenters. The molecule has 1 N–H and O–H groups in total. The monoisotopic (exact) mass is 605 g/mol. The Balaban J connectivity index is 1.21. The molecule has 2 saturated heterocycles. The number of nitrogens with zero attached hydrogens (tertiary/aromatic N) is 6. The fourth-order valence-corrected chi connectivity index (χ4v) is 6.54. The lowest BCUT2D eigenvalue weighted by Gasteiger charge is -2.39. The number of hydrogen-bond acceptors (Lipinski definition) is 9. The van der Waals surface area contributed by atoms with Gasteiger partial charge in [-0.3, -0.25) is 9.21 Å².